The van der Waals surface area contributed by atoms with E-state index in [1.807, 2.05) is 72.8 Å². The van der Waals surface area contributed by atoms with E-state index in [4.69, 9.17) is 20.9 Å². The molecule has 4 heteroatoms. The molecular formula is C20H22N2O2. The lowest BCUT2D eigenvalue weighted by molar-refractivity contribution is 0.416. The number of anilines is 2. The van der Waals surface area contributed by atoms with E-state index >= 15 is 0 Å². The van der Waals surface area contributed by atoms with Gasteiger partial charge < -0.3 is 20.9 Å². The zero-order chi connectivity index (χ0) is 17.4. The molecule has 0 saturated heterocycles. The van der Waals surface area contributed by atoms with Gasteiger partial charge in [0.05, 0.1) is 25.6 Å². The summed E-state index contributed by atoms with van der Waals surface area (Å²) in [5.74, 6) is 1.31. The highest BCUT2D eigenvalue weighted by molar-refractivity contribution is 5.73. The molecule has 0 fully saturated rings. The molecule has 0 amide bonds. The van der Waals surface area contributed by atoms with Gasteiger partial charge in [0.15, 0.2) is 0 Å². The van der Waals surface area contributed by atoms with E-state index in [9.17, 15) is 0 Å². The standard InChI is InChI=1S/C14H16N2O2.C6H6/c1-17-13-7-9(3-5-11(13)15)10-4-6-12(16)14(8-10)18-2;1-2-4-6-5-3-1/h3-8H,15-16H2,1-2H3;1-6H. The Morgan fingerprint density at radius 2 is 0.917 bits per heavy atom. The normalized spacial score (nSPS) is 9.58. The van der Waals surface area contributed by atoms with E-state index in [0.29, 0.717) is 22.9 Å². The summed E-state index contributed by atoms with van der Waals surface area (Å²) in [7, 11) is 3.19. The number of benzene rings is 3. The second kappa shape index (κ2) is 8.48. The number of hydrogen-bond acceptors (Lipinski definition) is 4. The first kappa shape index (κ1) is 17.2. The van der Waals surface area contributed by atoms with Crippen molar-refractivity contribution in [2.45, 2.75) is 0 Å². The number of ether oxygens (including phenoxy) is 2. The highest BCUT2D eigenvalue weighted by atomic mass is 16.5. The molecule has 4 nitrogen and oxygen atoms in total. The lowest BCUT2D eigenvalue weighted by Gasteiger charge is -2.10. The number of rotatable bonds is 3. The maximum Gasteiger partial charge on any atom is 0.142 e. The van der Waals surface area contributed by atoms with Crippen LogP contribution in [0.25, 0.3) is 11.1 Å². The Balaban J connectivity index is 0.000000292. The molecule has 3 aromatic rings. The molecule has 24 heavy (non-hydrogen) atoms. The molecule has 124 valence electrons. The van der Waals surface area contributed by atoms with Crippen molar-refractivity contribution >= 4 is 11.4 Å². The smallest absolute Gasteiger partial charge is 0.142 e. The van der Waals surface area contributed by atoms with Gasteiger partial charge in [-0.05, 0) is 35.4 Å². The Hall–Kier alpha value is -3.14. The Bertz CT molecular complexity index is 696. The van der Waals surface area contributed by atoms with Gasteiger partial charge in [0, 0.05) is 0 Å². The fourth-order valence-electron chi connectivity index (χ4n) is 2.17. The second-order valence-corrected chi connectivity index (χ2v) is 5.07. The van der Waals surface area contributed by atoms with Crippen molar-refractivity contribution in [2.24, 2.45) is 0 Å². The average Bonchev–Trinajstić information content (AvgIpc) is 2.64. The molecule has 0 radical (unpaired) electrons. The quantitative estimate of drug-likeness (QED) is 0.708. The molecule has 0 atom stereocenters. The first-order valence-electron chi connectivity index (χ1n) is 7.53. The van der Waals surface area contributed by atoms with E-state index in [0.717, 1.165) is 11.1 Å². The summed E-state index contributed by atoms with van der Waals surface area (Å²) in [6.45, 7) is 0. The van der Waals surface area contributed by atoms with Crippen molar-refractivity contribution in [2.75, 3.05) is 25.7 Å². The molecule has 0 heterocycles. The summed E-state index contributed by atoms with van der Waals surface area (Å²) in [5, 5.41) is 0. The molecule has 0 saturated carbocycles. The van der Waals surface area contributed by atoms with Crippen molar-refractivity contribution in [3.05, 3.63) is 72.8 Å². The lowest BCUT2D eigenvalue weighted by Crippen LogP contribution is -1.94. The Labute approximate surface area is 142 Å². The van der Waals surface area contributed by atoms with Gasteiger partial charge in [0.25, 0.3) is 0 Å². The largest absolute Gasteiger partial charge is 0.495 e. The third kappa shape index (κ3) is 4.43. The summed E-state index contributed by atoms with van der Waals surface area (Å²) >= 11 is 0. The predicted molar refractivity (Wildman–Crippen MR) is 100 cm³/mol. The van der Waals surface area contributed by atoms with Gasteiger partial charge in [-0.3, -0.25) is 0 Å². The topological polar surface area (TPSA) is 70.5 Å². The lowest BCUT2D eigenvalue weighted by atomic mass is 10.0. The van der Waals surface area contributed by atoms with Crippen molar-refractivity contribution in [1.29, 1.82) is 0 Å². The van der Waals surface area contributed by atoms with Crippen LogP contribution in [0.3, 0.4) is 0 Å². The van der Waals surface area contributed by atoms with E-state index in [1.165, 1.54) is 0 Å². The molecule has 0 unspecified atom stereocenters. The molecule has 0 aromatic heterocycles. The highest BCUT2D eigenvalue weighted by Crippen LogP contribution is 2.32. The van der Waals surface area contributed by atoms with Crippen LogP contribution in [0.2, 0.25) is 0 Å². The van der Waals surface area contributed by atoms with Gasteiger partial charge in [0.2, 0.25) is 0 Å². The van der Waals surface area contributed by atoms with Gasteiger partial charge in [0.1, 0.15) is 11.5 Å². The summed E-state index contributed by atoms with van der Waals surface area (Å²) in [5.41, 5.74) is 14.8. The van der Waals surface area contributed by atoms with Crippen LogP contribution in [0.1, 0.15) is 0 Å². The third-order valence-electron chi connectivity index (χ3n) is 3.47. The fourth-order valence-corrected chi connectivity index (χ4v) is 2.17. The third-order valence-corrected chi connectivity index (χ3v) is 3.47. The van der Waals surface area contributed by atoms with Gasteiger partial charge in [-0.25, -0.2) is 0 Å². The van der Waals surface area contributed by atoms with Crippen LogP contribution >= 0.6 is 0 Å². The van der Waals surface area contributed by atoms with Crippen LogP contribution < -0.4 is 20.9 Å². The van der Waals surface area contributed by atoms with Crippen LogP contribution in [0, 0.1) is 0 Å². The zero-order valence-corrected chi connectivity index (χ0v) is 13.9. The molecular weight excluding hydrogens is 300 g/mol. The van der Waals surface area contributed by atoms with Gasteiger partial charge in [-0.15, -0.1) is 0 Å². The van der Waals surface area contributed by atoms with Crippen molar-refractivity contribution < 1.29 is 9.47 Å². The van der Waals surface area contributed by atoms with E-state index < -0.39 is 0 Å². The predicted octanol–water partition coefficient (Wildman–Crippen LogP) is 4.22. The molecule has 3 aromatic carbocycles. The summed E-state index contributed by atoms with van der Waals surface area (Å²) in [6, 6.07) is 23.3. The maximum absolute atomic E-state index is 5.79. The van der Waals surface area contributed by atoms with E-state index in [-0.39, 0.29) is 0 Å². The highest BCUT2D eigenvalue weighted by Gasteiger charge is 2.06. The number of nitrogens with two attached hydrogens (primary N) is 2. The first-order valence-corrected chi connectivity index (χ1v) is 7.53. The first-order chi connectivity index (χ1) is 11.7. The SMILES string of the molecule is COc1cc(-c2ccc(N)c(OC)c2)ccc1N.c1ccccc1. The molecule has 0 aliphatic heterocycles. The number of nitrogen functional groups attached to an aromatic ring is 2. The number of hydrogen-bond donors (Lipinski definition) is 2. The Kier molecular flexibility index (Phi) is 6.08. The molecule has 0 bridgehead atoms. The van der Waals surface area contributed by atoms with Crippen molar-refractivity contribution in [3.8, 4) is 22.6 Å². The average molecular weight is 322 g/mol. The van der Waals surface area contributed by atoms with Crippen LogP contribution in [-0.2, 0) is 0 Å². The molecule has 0 aliphatic rings. The van der Waals surface area contributed by atoms with Crippen molar-refractivity contribution in [3.63, 3.8) is 0 Å². The number of methoxy groups -OCH3 is 2. The van der Waals surface area contributed by atoms with E-state index in [2.05, 4.69) is 0 Å². The minimum Gasteiger partial charge on any atom is -0.495 e. The van der Waals surface area contributed by atoms with Gasteiger partial charge >= 0.3 is 0 Å². The minimum absolute atomic E-state index is 0.615. The second-order valence-electron chi connectivity index (χ2n) is 5.07. The minimum atomic E-state index is 0.615. The zero-order valence-electron chi connectivity index (χ0n) is 13.9. The fraction of sp³-hybridized carbons (Fsp3) is 0.100. The van der Waals surface area contributed by atoms with Gasteiger partial charge in [-0.1, -0.05) is 48.5 Å². The monoisotopic (exact) mass is 322 g/mol. The van der Waals surface area contributed by atoms with E-state index in [1.54, 1.807) is 14.2 Å². The summed E-state index contributed by atoms with van der Waals surface area (Å²) in [6.07, 6.45) is 0. The molecule has 0 aliphatic carbocycles. The van der Waals surface area contributed by atoms with Gasteiger partial charge in [-0.2, -0.15) is 0 Å². The maximum atomic E-state index is 5.79. The summed E-state index contributed by atoms with van der Waals surface area (Å²) < 4.78 is 10.4. The molecule has 3 rings (SSSR count). The molecule has 4 N–H and O–H groups in total. The van der Waals surface area contributed by atoms with Crippen molar-refractivity contribution in [1.82, 2.24) is 0 Å². The van der Waals surface area contributed by atoms with Crippen LogP contribution in [-0.4, -0.2) is 14.2 Å². The molecule has 0 spiro atoms. The summed E-state index contributed by atoms with van der Waals surface area (Å²) in [4.78, 5) is 0. The Morgan fingerprint density at radius 1 is 0.583 bits per heavy atom. The Morgan fingerprint density at radius 3 is 1.21 bits per heavy atom. The van der Waals surface area contributed by atoms with Crippen LogP contribution in [0.5, 0.6) is 11.5 Å². The van der Waals surface area contributed by atoms with Crippen LogP contribution in [0.4, 0.5) is 11.4 Å². The van der Waals surface area contributed by atoms with Crippen LogP contribution in [0.15, 0.2) is 72.8 Å².